The minimum atomic E-state index is -4.35. The predicted octanol–water partition coefficient (Wildman–Crippen LogP) is 2.67. The van der Waals surface area contributed by atoms with E-state index < -0.39 is 11.7 Å². The van der Waals surface area contributed by atoms with Crippen LogP contribution >= 0.6 is 12.4 Å². The Morgan fingerprint density at radius 2 is 2.00 bits per heavy atom. The summed E-state index contributed by atoms with van der Waals surface area (Å²) >= 11 is 0. The summed E-state index contributed by atoms with van der Waals surface area (Å²) in [5, 5.41) is 5.87. The van der Waals surface area contributed by atoms with Crippen LogP contribution in [0.2, 0.25) is 0 Å². The van der Waals surface area contributed by atoms with E-state index in [2.05, 4.69) is 10.6 Å². The molecule has 1 fully saturated rings. The number of nitrogens with zero attached hydrogens (tertiary/aromatic N) is 1. The summed E-state index contributed by atoms with van der Waals surface area (Å²) < 4.78 is 38.6. The molecule has 2 N–H and O–H groups in total. The zero-order valence-electron chi connectivity index (χ0n) is 14.2. The van der Waals surface area contributed by atoms with E-state index in [0.717, 1.165) is 32.0 Å². The molecule has 0 atom stereocenters. The average molecular weight is 380 g/mol. The molecular weight excluding hydrogens is 355 g/mol. The van der Waals surface area contributed by atoms with Crippen molar-refractivity contribution in [2.45, 2.75) is 25.6 Å². The Hall–Kier alpha value is -1.31. The number of hydrogen-bond acceptors (Lipinski definition) is 3. The van der Waals surface area contributed by atoms with Crippen LogP contribution in [0.5, 0.6) is 0 Å². The molecular formula is C17H25ClF3N3O. The van der Waals surface area contributed by atoms with Gasteiger partial charge in [-0.3, -0.25) is 9.69 Å². The van der Waals surface area contributed by atoms with Crippen LogP contribution in [0, 0.1) is 5.92 Å². The van der Waals surface area contributed by atoms with E-state index in [0.29, 0.717) is 24.6 Å². The van der Waals surface area contributed by atoms with E-state index in [-0.39, 0.29) is 24.9 Å². The second kappa shape index (κ2) is 9.99. The normalized spacial score (nSPS) is 15.7. The lowest BCUT2D eigenvalue weighted by Crippen LogP contribution is -2.40. The molecule has 1 aromatic rings. The van der Waals surface area contributed by atoms with E-state index in [1.165, 1.54) is 12.1 Å². The molecule has 1 aliphatic rings. The van der Waals surface area contributed by atoms with Crippen LogP contribution in [-0.4, -0.2) is 44.0 Å². The van der Waals surface area contributed by atoms with Gasteiger partial charge in [0.05, 0.1) is 12.1 Å². The average Bonchev–Trinajstić information content (AvgIpc) is 2.55. The maximum absolute atomic E-state index is 12.9. The summed E-state index contributed by atoms with van der Waals surface area (Å²) in [7, 11) is 1.56. The Labute approximate surface area is 152 Å². The molecule has 0 spiro atoms. The van der Waals surface area contributed by atoms with Crippen LogP contribution in [0.4, 0.5) is 13.2 Å². The van der Waals surface area contributed by atoms with Crippen molar-refractivity contribution in [1.82, 2.24) is 15.5 Å². The van der Waals surface area contributed by atoms with Gasteiger partial charge in [0, 0.05) is 20.1 Å². The van der Waals surface area contributed by atoms with Gasteiger partial charge in [0.1, 0.15) is 0 Å². The van der Waals surface area contributed by atoms with Gasteiger partial charge in [-0.25, -0.2) is 0 Å². The first kappa shape index (κ1) is 21.7. The Balaban J connectivity index is 0.00000312. The van der Waals surface area contributed by atoms with E-state index in [1.807, 2.05) is 4.90 Å². The predicted molar refractivity (Wildman–Crippen MR) is 93.6 cm³/mol. The molecule has 0 bridgehead atoms. The van der Waals surface area contributed by atoms with Crippen molar-refractivity contribution in [3.8, 4) is 0 Å². The third-order valence-electron chi connectivity index (χ3n) is 4.28. The summed E-state index contributed by atoms with van der Waals surface area (Å²) in [6.07, 6.45) is -2.31. The smallest absolute Gasteiger partial charge is 0.358 e. The van der Waals surface area contributed by atoms with Crippen molar-refractivity contribution >= 4 is 18.3 Å². The summed E-state index contributed by atoms with van der Waals surface area (Å²) in [6.45, 7) is 3.13. The molecule has 4 nitrogen and oxygen atoms in total. The van der Waals surface area contributed by atoms with Crippen LogP contribution in [0.3, 0.4) is 0 Å². The fraction of sp³-hybridized carbons (Fsp3) is 0.588. The number of likely N-dealkylation sites (N-methyl/N-ethyl adjacent to an activating group) is 1. The van der Waals surface area contributed by atoms with Crippen molar-refractivity contribution < 1.29 is 18.0 Å². The molecule has 0 aliphatic carbocycles. The van der Waals surface area contributed by atoms with Gasteiger partial charge in [-0.1, -0.05) is 18.2 Å². The van der Waals surface area contributed by atoms with Gasteiger partial charge in [0.15, 0.2) is 0 Å². The van der Waals surface area contributed by atoms with Gasteiger partial charge in [0.2, 0.25) is 5.91 Å². The molecule has 1 amide bonds. The Bertz CT molecular complexity index is 548. The van der Waals surface area contributed by atoms with Crippen LogP contribution in [0.1, 0.15) is 24.0 Å². The minimum Gasteiger partial charge on any atom is -0.358 e. The minimum absolute atomic E-state index is 0. The lowest BCUT2D eigenvalue weighted by atomic mass is 9.97. The summed E-state index contributed by atoms with van der Waals surface area (Å²) in [4.78, 5) is 13.7. The molecule has 1 saturated heterocycles. The number of piperidine rings is 1. The molecule has 1 aliphatic heterocycles. The number of nitrogens with one attached hydrogen (secondary N) is 2. The van der Waals surface area contributed by atoms with Gasteiger partial charge in [-0.15, -0.1) is 12.4 Å². The van der Waals surface area contributed by atoms with Crippen LogP contribution in [0.15, 0.2) is 24.3 Å². The van der Waals surface area contributed by atoms with E-state index in [4.69, 9.17) is 0 Å². The zero-order chi connectivity index (χ0) is 17.6. The monoisotopic (exact) mass is 379 g/mol. The van der Waals surface area contributed by atoms with Gasteiger partial charge in [-0.2, -0.15) is 13.2 Å². The molecule has 0 unspecified atom stereocenters. The number of hydrogen-bond donors (Lipinski definition) is 2. The molecule has 8 heteroatoms. The van der Waals surface area contributed by atoms with Gasteiger partial charge in [0.25, 0.3) is 0 Å². The third kappa shape index (κ3) is 7.22. The van der Waals surface area contributed by atoms with Crippen molar-refractivity contribution in [1.29, 1.82) is 0 Å². The number of amides is 1. The summed E-state index contributed by atoms with van der Waals surface area (Å²) in [5.74, 6) is 0.331. The number of carbonyl (C=O) groups excluding carboxylic acids is 1. The first-order valence-electron chi connectivity index (χ1n) is 8.18. The highest BCUT2D eigenvalue weighted by Gasteiger charge is 2.30. The molecule has 0 saturated carbocycles. The maximum atomic E-state index is 12.9. The summed E-state index contributed by atoms with van der Waals surface area (Å²) in [5.41, 5.74) is -0.0792. The van der Waals surface area contributed by atoms with Crippen LogP contribution in [0.25, 0.3) is 0 Å². The standard InChI is InChI=1S/C17H24F3N3O.ClH/c1-21-16(24)12-23(10-13-5-7-22-8-6-13)11-14-3-2-4-15(9-14)17(18,19)20;/h2-4,9,13,22H,5-8,10-12H2,1H3,(H,21,24);1H. The van der Waals surface area contributed by atoms with Crippen molar-refractivity contribution in [3.63, 3.8) is 0 Å². The largest absolute Gasteiger partial charge is 0.416 e. The second-order valence-electron chi connectivity index (χ2n) is 6.23. The quantitative estimate of drug-likeness (QED) is 0.798. The van der Waals surface area contributed by atoms with Crippen LogP contribution in [-0.2, 0) is 17.5 Å². The fourth-order valence-corrected chi connectivity index (χ4v) is 3.00. The van der Waals surface area contributed by atoms with E-state index >= 15 is 0 Å². The number of carbonyl (C=O) groups is 1. The van der Waals surface area contributed by atoms with Crippen molar-refractivity contribution in [2.75, 3.05) is 33.2 Å². The van der Waals surface area contributed by atoms with Crippen LogP contribution < -0.4 is 10.6 Å². The van der Waals surface area contributed by atoms with E-state index in [9.17, 15) is 18.0 Å². The molecule has 0 aromatic heterocycles. The lowest BCUT2D eigenvalue weighted by molar-refractivity contribution is -0.137. The SMILES string of the molecule is CNC(=O)CN(Cc1cccc(C(F)(F)F)c1)CC1CCNCC1.Cl. The van der Waals surface area contributed by atoms with Crippen molar-refractivity contribution in [3.05, 3.63) is 35.4 Å². The zero-order valence-corrected chi connectivity index (χ0v) is 15.1. The van der Waals surface area contributed by atoms with E-state index in [1.54, 1.807) is 13.1 Å². The number of benzene rings is 1. The topological polar surface area (TPSA) is 44.4 Å². The first-order valence-corrected chi connectivity index (χ1v) is 8.18. The molecule has 25 heavy (non-hydrogen) atoms. The van der Waals surface area contributed by atoms with Crippen molar-refractivity contribution in [2.24, 2.45) is 5.92 Å². The fourth-order valence-electron chi connectivity index (χ4n) is 3.00. The molecule has 1 heterocycles. The molecule has 0 radical (unpaired) electrons. The highest BCUT2D eigenvalue weighted by molar-refractivity contribution is 5.85. The highest BCUT2D eigenvalue weighted by Crippen LogP contribution is 2.29. The number of halogens is 4. The Morgan fingerprint density at radius 1 is 1.32 bits per heavy atom. The highest BCUT2D eigenvalue weighted by atomic mass is 35.5. The van der Waals surface area contributed by atoms with Gasteiger partial charge >= 0.3 is 6.18 Å². The molecule has 1 aromatic carbocycles. The Morgan fingerprint density at radius 3 is 2.60 bits per heavy atom. The number of rotatable bonds is 6. The van der Waals surface area contributed by atoms with Gasteiger partial charge in [-0.05, 0) is 43.5 Å². The molecule has 2 rings (SSSR count). The first-order chi connectivity index (χ1) is 11.4. The van der Waals surface area contributed by atoms with Gasteiger partial charge < -0.3 is 10.6 Å². The summed E-state index contributed by atoms with van der Waals surface area (Å²) in [6, 6.07) is 5.33. The number of alkyl halides is 3. The maximum Gasteiger partial charge on any atom is 0.416 e. The Kier molecular flexibility index (Phi) is 8.68. The molecule has 142 valence electrons. The lowest BCUT2D eigenvalue weighted by Gasteiger charge is -2.29. The second-order valence-corrected chi connectivity index (χ2v) is 6.23. The third-order valence-corrected chi connectivity index (χ3v) is 4.28.